The quantitative estimate of drug-likeness (QED) is 0.771. The van der Waals surface area contributed by atoms with Gasteiger partial charge in [-0.1, -0.05) is 11.6 Å². The number of nitrogens with two attached hydrogens (primary N) is 1. The highest BCUT2D eigenvalue weighted by Gasteiger charge is 2.39. The lowest BCUT2D eigenvalue weighted by Crippen LogP contribution is -2.42. The molecule has 2 fully saturated rings. The molecule has 0 aromatic heterocycles. The van der Waals surface area contributed by atoms with E-state index in [1.165, 1.54) is 12.1 Å². The zero-order valence-electron chi connectivity index (χ0n) is 11.4. The molecule has 0 radical (unpaired) electrons. The number of benzene rings is 1. The van der Waals surface area contributed by atoms with Gasteiger partial charge in [-0.2, -0.15) is 0 Å². The van der Waals surface area contributed by atoms with Crippen molar-refractivity contribution in [2.75, 3.05) is 18.8 Å². The molecule has 2 aliphatic rings. The largest absolute Gasteiger partial charge is 0.398 e. The number of halogens is 2. The van der Waals surface area contributed by atoms with Gasteiger partial charge in [0.05, 0.1) is 9.37 Å². The van der Waals surface area contributed by atoms with Crippen LogP contribution in [0.5, 0.6) is 0 Å². The minimum Gasteiger partial charge on any atom is -0.398 e. The van der Waals surface area contributed by atoms with Crippen molar-refractivity contribution in [2.45, 2.75) is 36.2 Å². The van der Waals surface area contributed by atoms with Crippen LogP contribution in [0.1, 0.15) is 19.3 Å². The molecule has 1 aromatic rings. The van der Waals surface area contributed by atoms with Gasteiger partial charge in [0.15, 0.2) is 0 Å². The number of anilines is 1. The Morgan fingerprint density at radius 1 is 1.33 bits per heavy atom. The van der Waals surface area contributed by atoms with E-state index >= 15 is 0 Å². The maximum Gasteiger partial charge on any atom is 0.242 e. The summed E-state index contributed by atoms with van der Waals surface area (Å²) >= 11 is 9.18. The maximum atomic E-state index is 12.6. The van der Waals surface area contributed by atoms with E-state index < -0.39 is 10.0 Å². The molecule has 2 aliphatic heterocycles. The van der Waals surface area contributed by atoms with E-state index in [0.29, 0.717) is 21.2 Å². The Morgan fingerprint density at radius 2 is 2.10 bits per heavy atom. The van der Waals surface area contributed by atoms with Gasteiger partial charge in [0.1, 0.15) is 0 Å². The summed E-state index contributed by atoms with van der Waals surface area (Å²) in [4.78, 5) is 2.46. The summed E-state index contributed by atoms with van der Waals surface area (Å²) < 4.78 is 28.4. The fourth-order valence-corrected chi connectivity index (χ4v) is 5.86. The number of nitrogen functional groups attached to an aromatic ring is 1. The number of hydrogen-bond donors (Lipinski definition) is 2. The SMILES string of the molecule is Nc1cc(Cl)cc(S(=O)(=O)NC2CCN3CCCC23)c1Br. The Hall–Kier alpha value is -0.340. The van der Waals surface area contributed by atoms with Crippen molar-refractivity contribution < 1.29 is 8.42 Å². The van der Waals surface area contributed by atoms with E-state index in [-0.39, 0.29) is 10.9 Å². The predicted molar refractivity (Wildman–Crippen MR) is 86.9 cm³/mol. The zero-order chi connectivity index (χ0) is 15.2. The second-order valence-corrected chi connectivity index (χ2v) is 8.48. The van der Waals surface area contributed by atoms with Crippen molar-refractivity contribution in [3.8, 4) is 0 Å². The van der Waals surface area contributed by atoms with Gasteiger partial charge in [-0.25, -0.2) is 13.1 Å². The minimum absolute atomic E-state index is 0.0374. The van der Waals surface area contributed by atoms with Crippen molar-refractivity contribution in [1.82, 2.24) is 9.62 Å². The molecule has 0 saturated carbocycles. The number of nitrogens with one attached hydrogen (secondary N) is 1. The highest BCUT2D eigenvalue weighted by Crippen LogP contribution is 2.33. The van der Waals surface area contributed by atoms with E-state index in [4.69, 9.17) is 17.3 Å². The van der Waals surface area contributed by atoms with Gasteiger partial charge in [-0.15, -0.1) is 0 Å². The topological polar surface area (TPSA) is 75.4 Å². The molecule has 5 nitrogen and oxygen atoms in total. The van der Waals surface area contributed by atoms with Crippen LogP contribution >= 0.6 is 27.5 Å². The molecule has 21 heavy (non-hydrogen) atoms. The van der Waals surface area contributed by atoms with Gasteiger partial charge in [-0.05, 0) is 53.9 Å². The van der Waals surface area contributed by atoms with Crippen LogP contribution in [0.25, 0.3) is 0 Å². The molecule has 1 aromatic carbocycles. The number of hydrogen-bond acceptors (Lipinski definition) is 4. The van der Waals surface area contributed by atoms with Gasteiger partial charge >= 0.3 is 0 Å². The molecule has 0 amide bonds. The third-order valence-corrected chi connectivity index (χ3v) is 7.11. The Labute approximate surface area is 138 Å². The summed E-state index contributed by atoms with van der Waals surface area (Å²) in [7, 11) is -3.65. The molecular weight excluding hydrogens is 378 g/mol. The van der Waals surface area contributed by atoms with E-state index in [0.717, 1.165) is 32.4 Å². The van der Waals surface area contributed by atoms with Gasteiger partial charge < -0.3 is 5.73 Å². The van der Waals surface area contributed by atoms with Crippen molar-refractivity contribution in [3.05, 3.63) is 21.6 Å². The summed E-state index contributed by atoms with van der Waals surface area (Å²) in [5, 5.41) is 0.310. The average Bonchev–Trinajstić information content (AvgIpc) is 2.98. The van der Waals surface area contributed by atoms with Crippen LogP contribution in [0, 0.1) is 0 Å². The smallest absolute Gasteiger partial charge is 0.242 e. The first kappa shape index (κ1) is 15.6. The molecule has 2 unspecified atom stereocenters. The molecule has 0 aliphatic carbocycles. The molecule has 3 rings (SSSR count). The van der Waals surface area contributed by atoms with Gasteiger partial charge in [0.25, 0.3) is 0 Å². The average molecular weight is 395 g/mol. The molecule has 0 spiro atoms. The van der Waals surface area contributed by atoms with E-state index in [2.05, 4.69) is 25.6 Å². The first-order valence-electron chi connectivity index (χ1n) is 6.89. The van der Waals surface area contributed by atoms with Crippen molar-refractivity contribution >= 4 is 43.2 Å². The minimum atomic E-state index is -3.65. The first-order chi connectivity index (χ1) is 9.88. The van der Waals surface area contributed by atoms with Crippen LogP contribution in [-0.4, -0.2) is 38.5 Å². The molecule has 2 heterocycles. The molecule has 116 valence electrons. The van der Waals surface area contributed by atoms with Crippen LogP contribution in [-0.2, 0) is 10.0 Å². The number of nitrogens with zero attached hydrogens (tertiary/aromatic N) is 1. The van der Waals surface area contributed by atoms with Crippen LogP contribution in [0.15, 0.2) is 21.5 Å². The van der Waals surface area contributed by atoms with Crippen molar-refractivity contribution in [1.29, 1.82) is 0 Å². The summed E-state index contributed by atoms with van der Waals surface area (Å²) in [5.41, 5.74) is 6.10. The Kier molecular flexibility index (Phi) is 4.22. The predicted octanol–water partition coefficient (Wildman–Crippen LogP) is 2.20. The molecule has 3 N–H and O–H groups in total. The molecule has 2 atom stereocenters. The second kappa shape index (κ2) is 5.70. The van der Waals surface area contributed by atoms with Gasteiger partial charge in [0, 0.05) is 29.3 Å². The maximum absolute atomic E-state index is 12.6. The summed E-state index contributed by atoms with van der Waals surface area (Å²) in [6.45, 7) is 2.02. The van der Waals surface area contributed by atoms with E-state index in [1.807, 2.05) is 0 Å². The zero-order valence-corrected chi connectivity index (χ0v) is 14.5. The lowest BCUT2D eigenvalue weighted by molar-refractivity contribution is 0.309. The highest BCUT2D eigenvalue weighted by molar-refractivity contribution is 9.10. The van der Waals surface area contributed by atoms with E-state index in [1.54, 1.807) is 0 Å². The fraction of sp³-hybridized carbons (Fsp3) is 0.538. The lowest BCUT2D eigenvalue weighted by Gasteiger charge is -2.21. The Bertz CT molecular complexity index is 668. The fourth-order valence-electron chi connectivity index (χ4n) is 3.26. The van der Waals surface area contributed by atoms with E-state index in [9.17, 15) is 8.42 Å². The standard InChI is InChI=1S/C13H17BrClN3O2S/c14-13-9(16)6-8(15)7-12(13)21(19,20)17-10-3-5-18-4-1-2-11(10)18/h6-7,10-11,17H,1-5,16H2. The van der Waals surface area contributed by atoms with Gasteiger partial charge in [0.2, 0.25) is 10.0 Å². The normalized spacial score (nSPS) is 26.2. The molecular formula is C13H17BrClN3O2S. The third-order valence-electron chi connectivity index (χ3n) is 4.23. The first-order valence-corrected chi connectivity index (χ1v) is 9.55. The molecule has 0 bridgehead atoms. The molecule has 8 heteroatoms. The third kappa shape index (κ3) is 2.94. The van der Waals surface area contributed by atoms with Gasteiger partial charge in [-0.3, -0.25) is 4.90 Å². The molecule has 2 saturated heterocycles. The summed E-state index contributed by atoms with van der Waals surface area (Å²) in [6, 6.07) is 3.23. The van der Waals surface area contributed by atoms with Crippen molar-refractivity contribution in [3.63, 3.8) is 0 Å². The van der Waals surface area contributed by atoms with Crippen LogP contribution in [0.4, 0.5) is 5.69 Å². The Morgan fingerprint density at radius 3 is 2.86 bits per heavy atom. The van der Waals surface area contributed by atoms with Crippen molar-refractivity contribution in [2.24, 2.45) is 0 Å². The number of sulfonamides is 1. The van der Waals surface area contributed by atoms with Crippen LogP contribution < -0.4 is 10.5 Å². The summed E-state index contributed by atoms with van der Waals surface area (Å²) in [5.74, 6) is 0. The number of fused-ring (bicyclic) bond motifs is 1. The van der Waals surface area contributed by atoms with Crippen LogP contribution in [0.3, 0.4) is 0 Å². The monoisotopic (exact) mass is 393 g/mol. The second-order valence-electron chi connectivity index (χ2n) is 5.57. The lowest BCUT2D eigenvalue weighted by atomic mass is 10.1. The summed E-state index contributed by atoms with van der Waals surface area (Å²) in [6.07, 6.45) is 3.03. The highest BCUT2D eigenvalue weighted by atomic mass is 79.9. The Balaban J connectivity index is 1.88. The van der Waals surface area contributed by atoms with Crippen LogP contribution in [0.2, 0.25) is 5.02 Å². The number of rotatable bonds is 3.